The van der Waals surface area contributed by atoms with Gasteiger partial charge in [0, 0.05) is 42.9 Å². The molecule has 12 heteroatoms. The van der Waals surface area contributed by atoms with Gasteiger partial charge in [0.05, 0.1) is 29.4 Å². The molecular weight excluding hydrogens is 458 g/mol. The number of nitrogens with zero attached hydrogens (tertiary/aromatic N) is 6. The topological polar surface area (TPSA) is 128 Å². The van der Waals surface area contributed by atoms with Crippen LogP contribution in [0.15, 0.2) is 42.5 Å². The Morgan fingerprint density at radius 1 is 1.18 bits per heavy atom. The van der Waals surface area contributed by atoms with E-state index in [-0.39, 0.29) is 11.3 Å². The second-order valence-corrected chi connectivity index (χ2v) is 8.62. The Labute approximate surface area is 198 Å². The molecule has 1 N–H and O–H groups in total. The number of carbonyl (C=O) groups excluding carboxylic acids is 1. The number of nitro groups is 1. The van der Waals surface area contributed by atoms with Crippen molar-refractivity contribution in [1.29, 1.82) is 0 Å². The van der Waals surface area contributed by atoms with E-state index in [9.17, 15) is 14.9 Å². The molecule has 0 unspecified atom stereocenters. The van der Waals surface area contributed by atoms with Gasteiger partial charge >= 0.3 is 0 Å². The van der Waals surface area contributed by atoms with Gasteiger partial charge in [0.2, 0.25) is 4.96 Å². The van der Waals surface area contributed by atoms with Crippen LogP contribution in [0.25, 0.3) is 15.5 Å². The Morgan fingerprint density at radius 3 is 2.65 bits per heavy atom. The molecule has 0 bridgehead atoms. The van der Waals surface area contributed by atoms with Crippen molar-refractivity contribution >= 4 is 39.3 Å². The van der Waals surface area contributed by atoms with E-state index in [1.54, 1.807) is 22.7 Å². The van der Waals surface area contributed by atoms with Gasteiger partial charge in [-0.15, -0.1) is 10.2 Å². The number of ether oxygens (including phenoxy) is 1. The van der Waals surface area contributed by atoms with Crippen molar-refractivity contribution in [3.05, 3.63) is 64.0 Å². The normalized spacial score (nSPS) is 13.9. The van der Waals surface area contributed by atoms with Crippen molar-refractivity contribution in [3.63, 3.8) is 0 Å². The van der Waals surface area contributed by atoms with Crippen LogP contribution in [-0.2, 0) is 11.2 Å². The van der Waals surface area contributed by atoms with Gasteiger partial charge in [-0.3, -0.25) is 14.9 Å². The summed E-state index contributed by atoms with van der Waals surface area (Å²) in [5.74, 6) is 0.388. The fourth-order valence-electron chi connectivity index (χ4n) is 3.79. The van der Waals surface area contributed by atoms with Crippen molar-refractivity contribution in [3.8, 4) is 10.6 Å². The predicted molar refractivity (Wildman–Crippen MR) is 128 cm³/mol. The van der Waals surface area contributed by atoms with Crippen LogP contribution >= 0.6 is 11.3 Å². The average molecular weight is 480 g/mol. The standard InChI is InChI=1S/C22H21N7O4S/c1-2-19-24-25-22-28(19)26-21(34-22)14-3-5-15(6-4-14)23-20(30)17-13-16(29(31)32)7-8-18(17)27-9-11-33-12-10-27/h3-8,13H,2,9-12H2,1H3,(H,23,30). The molecule has 5 rings (SSSR count). The molecule has 0 aliphatic carbocycles. The van der Waals surface area contributed by atoms with E-state index in [0.717, 1.165) is 27.8 Å². The third-order valence-electron chi connectivity index (χ3n) is 5.55. The number of aryl methyl sites for hydroxylation is 1. The third kappa shape index (κ3) is 4.20. The lowest BCUT2D eigenvalue weighted by atomic mass is 10.1. The summed E-state index contributed by atoms with van der Waals surface area (Å²) in [6, 6.07) is 11.6. The number of non-ortho nitro benzene ring substituents is 1. The summed E-state index contributed by atoms with van der Waals surface area (Å²) < 4.78 is 7.13. The molecule has 2 aromatic carbocycles. The molecule has 34 heavy (non-hydrogen) atoms. The lowest BCUT2D eigenvalue weighted by Gasteiger charge is -2.30. The number of anilines is 2. The highest BCUT2D eigenvalue weighted by atomic mass is 32.1. The first kappa shape index (κ1) is 21.9. The van der Waals surface area contributed by atoms with E-state index in [1.165, 1.54) is 23.5 Å². The number of aromatic nitrogens is 4. The SMILES string of the molecule is CCc1nnc2sc(-c3ccc(NC(=O)c4cc([N+](=O)[O-])ccc4N4CCOCC4)cc3)nn12. The van der Waals surface area contributed by atoms with Crippen LogP contribution < -0.4 is 10.2 Å². The van der Waals surface area contributed by atoms with Crippen molar-refractivity contribution in [2.24, 2.45) is 0 Å². The first-order valence-electron chi connectivity index (χ1n) is 10.8. The number of carbonyl (C=O) groups is 1. The van der Waals surface area contributed by atoms with Crippen LogP contribution in [0.4, 0.5) is 17.1 Å². The van der Waals surface area contributed by atoms with Crippen molar-refractivity contribution in [2.75, 3.05) is 36.5 Å². The first-order chi connectivity index (χ1) is 16.5. The Bertz CT molecular complexity index is 1360. The van der Waals surface area contributed by atoms with Crippen molar-refractivity contribution < 1.29 is 14.5 Å². The highest BCUT2D eigenvalue weighted by Gasteiger charge is 2.22. The molecule has 1 amide bonds. The smallest absolute Gasteiger partial charge is 0.270 e. The molecule has 1 aliphatic rings. The van der Waals surface area contributed by atoms with Gasteiger partial charge in [-0.2, -0.15) is 9.61 Å². The minimum absolute atomic E-state index is 0.132. The third-order valence-corrected chi connectivity index (χ3v) is 6.50. The molecule has 0 saturated carbocycles. The van der Waals surface area contributed by atoms with E-state index in [4.69, 9.17) is 4.74 Å². The van der Waals surface area contributed by atoms with Gasteiger partial charge < -0.3 is 15.0 Å². The molecule has 2 aromatic heterocycles. The highest BCUT2D eigenvalue weighted by Crippen LogP contribution is 2.29. The summed E-state index contributed by atoms with van der Waals surface area (Å²) >= 11 is 1.44. The van der Waals surface area contributed by atoms with E-state index >= 15 is 0 Å². The van der Waals surface area contributed by atoms with E-state index < -0.39 is 10.8 Å². The number of benzene rings is 2. The van der Waals surface area contributed by atoms with Gasteiger partial charge in [-0.25, -0.2) is 0 Å². The van der Waals surface area contributed by atoms with Crippen LogP contribution in [0.5, 0.6) is 0 Å². The molecule has 1 aliphatic heterocycles. The second kappa shape index (κ2) is 9.15. The summed E-state index contributed by atoms with van der Waals surface area (Å²) in [7, 11) is 0. The van der Waals surface area contributed by atoms with Crippen molar-refractivity contribution in [2.45, 2.75) is 13.3 Å². The van der Waals surface area contributed by atoms with Crippen LogP contribution in [0.3, 0.4) is 0 Å². The lowest BCUT2D eigenvalue weighted by molar-refractivity contribution is -0.384. The largest absolute Gasteiger partial charge is 0.378 e. The van der Waals surface area contributed by atoms with Crippen LogP contribution in [-0.4, -0.2) is 56.9 Å². The summed E-state index contributed by atoms with van der Waals surface area (Å²) in [5.41, 5.74) is 2.23. The van der Waals surface area contributed by atoms with Gasteiger partial charge in [-0.1, -0.05) is 18.3 Å². The van der Waals surface area contributed by atoms with Gasteiger partial charge in [-0.05, 0) is 30.3 Å². The van der Waals surface area contributed by atoms with Gasteiger partial charge in [0.1, 0.15) is 5.01 Å². The zero-order chi connectivity index (χ0) is 23.7. The Morgan fingerprint density at radius 2 is 1.94 bits per heavy atom. The lowest BCUT2D eigenvalue weighted by Crippen LogP contribution is -2.37. The highest BCUT2D eigenvalue weighted by molar-refractivity contribution is 7.19. The average Bonchev–Trinajstić information content (AvgIpc) is 3.45. The van der Waals surface area contributed by atoms with E-state index in [1.807, 2.05) is 24.0 Å². The van der Waals surface area contributed by atoms with Crippen LogP contribution in [0.1, 0.15) is 23.1 Å². The fraction of sp³-hybridized carbons (Fsp3) is 0.273. The molecule has 1 fully saturated rings. The summed E-state index contributed by atoms with van der Waals surface area (Å²) in [6.07, 6.45) is 0.736. The quantitative estimate of drug-likeness (QED) is 0.329. The van der Waals surface area contributed by atoms with Gasteiger partial charge in [0.15, 0.2) is 5.82 Å². The van der Waals surface area contributed by atoms with E-state index in [0.29, 0.717) is 37.7 Å². The summed E-state index contributed by atoms with van der Waals surface area (Å²) in [5, 5.41) is 27.8. The molecular formula is C22H21N7O4S. The zero-order valence-corrected chi connectivity index (χ0v) is 19.1. The summed E-state index contributed by atoms with van der Waals surface area (Å²) in [6.45, 7) is 4.30. The van der Waals surface area contributed by atoms with Crippen LogP contribution in [0, 0.1) is 10.1 Å². The molecule has 1 saturated heterocycles. The van der Waals surface area contributed by atoms with E-state index in [2.05, 4.69) is 20.6 Å². The maximum atomic E-state index is 13.1. The Hall–Kier alpha value is -3.90. The minimum Gasteiger partial charge on any atom is -0.378 e. The number of hydrogen-bond donors (Lipinski definition) is 1. The zero-order valence-electron chi connectivity index (χ0n) is 18.3. The number of hydrogen-bond acceptors (Lipinski definition) is 9. The fourth-order valence-corrected chi connectivity index (χ4v) is 4.65. The molecule has 4 aromatic rings. The summed E-state index contributed by atoms with van der Waals surface area (Å²) in [4.78, 5) is 26.7. The molecule has 174 valence electrons. The number of nitro benzene ring substituents is 1. The predicted octanol–water partition coefficient (Wildman–Crippen LogP) is 3.41. The maximum absolute atomic E-state index is 13.1. The number of nitrogens with one attached hydrogen (secondary N) is 1. The first-order valence-corrected chi connectivity index (χ1v) is 11.6. The van der Waals surface area contributed by atoms with Gasteiger partial charge in [0.25, 0.3) is 11.6 Å². The van der Waals surface area contributed by atoms with Crippen LogP contribution in [0.2, 0.25) is 0 Å². The molecule has 0 radical (unpaired) electrons. The maximum Gasteiger partial charge on any atom is 0.270 e. The van der Waals surface area contributed by atoms with Crippen molar-refractivity contribution in [1.82, 2.24) is 19.8 Å². The molecule has 0 atom stereocenters. The number of morpholine rings is 1. The monoisotopic (exact) mass is 479 g/mol. The Kier molecular flexibility index (Phi) is 5.90. The molecule has 3 heterocycles. The molecule has 11 nitrogen and oxygen atoms in total. The number of fused-ring (bicyclic) bond motifs is 1. The second-order valence-electron chi connectivity index (χ2n) is 7.66. The number of amides is 1. The minimum atomic E-state index is -0.501. The Balaban J connectivity index is 1.38. The molecule has 0 spiro atoms. The number of rotatable bonds is 6.